The summed E-state index contributed by atoms with van der Waals surface area (Å²) >= 11 is 1.55. The monoisotopic (exact) mass is 415 g/mol. The summed E-state index contributed by atoms with van der Waals surface area (Å²) in [5, 5.41) is 8.37. The molecule has 150 valence electrons. The maximum atomic E-state index is 13.2. The van der Waals surface area contributed by atoms with Crippen LogP contribution in [0.15, 0.2) is 66.9 Å². The number of nitrogens with one attached hydrogen (secondary N) is 1. The molecule has 0 saturated carbocycles. The second-order valence-electron chi connectivity index (χ2n) is 7.37. The van der Waals surface area contributed by atoms with Gasteiger partial charge >= 0.3 is 0 Å². The second kappa shape index (κ2) is 7.85. The first-order valence-corrected chi connectivity index (χ1v) is 10.7. The molecule has 0 saturated heterocycles. The van der Waals surface area contributed by atoms with E-state index >= 15 is 0 Å². The minimum absolute atomic E-state index is 0.199. The Hall–Kier alpha value is -3.29. The third-order valence-electron chi connectivity index (χ3n) is 5.17. The van der Waals surface area contributed by atoms with Crippen molar-refractivity contribution in [2.75, 3.05) is 18.9 Å². The minimum atomic E-state index is -0.199. The van der Waals surface area contributed by atoms with Crippen LogP contribution in [-0.2, 0) is 13.0 Å². The van der Waals surface area contributed by atoms with Crippen molar-refractivity contribution >= 4 is 22.4 Å². The molecule has 1 N–H and O–H groups in total. The third kappa shape index (κ3) is 3.65. The number of benzene rings is 2. The second-order valence-corrected chi connectivity index (χ2v) is 8.45. The van der Waals surface area contributed by atoms with Gasteiger partial charge in [-0.25, -0.2) is 9.67 Å². The van der Waals surface area contributed by atoms with Crippen molar-refractivity contribution in [2.24, 2.45) is 0 Å². The van der Waals surface area contributed by atoms with Crippen LogP contribution >= 0.6 is 11.3 Å². The normalized spacial score (nSPS) is 13.8. The molecule has 2 aromatic heterocycles. The van der Waals surface area contributed by atoms with Crippen molar-refractivity contribution in [3.63, 3.8) is 0 Å². The summed E-state index contributed by atoms with van der Waals surface area (Å²) in [5.41, 5.74) is 4.07. The molecule has 5 rings (SSSR count). The maximum Gasteiger partial charge on any atom is 0.261 e. The number of para-hydroxylation sites is 1. The number of carbonyl (C=O) groups is 1. The van der Waals surface area contributed by atoms with E-state index in [2.05, 4.69) is 22.2 Å². The molecule has 4 aromatic rings. The quantitative estimate of drug-likeness (QED) is 0.542. The minimum Gasteiger partial charge on any atom is -0.301 e. The lowest BCUT2D eigenvalue weighted by atomic mass is 10.1. The zero-order chi connectivity index (χ0) is 20.5. The fourth-order valence-electron chi connectivity index (χ4n) is 3.60. The Labute approximate surface area is 178 Å². The van der Waals surface area contributed by atoms with E-state index in [4.69, 9.17) is 5.10 Å². The molecule has 6 nitrogen and oxygen atoms in total. The molecule has 3 heterocycles. The predicted octanol–water partition coefficient (Wildman–Crippen LogP) is 4.24. The van der Waals surface area contributed by atoms with Crippen molar-refractivity contribution in [2.45, 2.75) is 13.0 Å². The van der Waals surface area contributed by atoms with E-state index in [0.29, 0.717) is 16.4 Å². The summed E-state index contributed by atoms with van der Waals surface area (Å²) in [5.74, 6) is -0.199. The molecule has 0 bridgehead atoms. The van der Waals surface area contributed by atoms with Crippen molar-refractivity contribution in [1.82, 2.24) is 19.7 Å². The van der Waals surface area contributed by atoms with E-state index < -0.39 is 0 Å². The van der Waals surface area contributed by atoms with Gasteiger partial charge in [0.05, 0.1) is 16.9 Å². The van der Waals surface area contributed by atoms with Gasteiger partial charge in [-0.15, -0.1) is 11.3 Å². The van der Waals surface area contributed by atoms with Crippen LogP contribution in [0.4, 0.5) is 5.13 Å². The van der Waals surface area contributed by atoms with Crippen molar-refractivity contribution in [3.05, 3.63) is 83.0 Å². The number of thiazole rings is 1. The zero-order valence-corrected chi connectivity index (χ0v) is 17.4. The summed E-state index contributed by atoms with van der Waals surface area (Å²) in [6.45, 7) is 1.87. The molecule has 1 aliphatic heterocycles. The number of fused-ring (bicyclic) bond motifs is 1. The number of rotatable bonds is 4. The van der Waals surface area contributed by atoms with Gasteiger partial charge < -0.3 is 4.90 Å². The lowest BCUT2D eigenvalue weighted by molar-refractivity contribution is 0.102. The molecule has 0 spiro atoms. The lowest BCUT2D eigenvalue weighted by Gasteiger charge is -2.20. The molecule has 0 atom stereocenters. The SMILES string of the molecule is CN1CCc2nc(NC(=O)c3cn(-c4ccccc4)nc3-c3ccccc3)sc2C1. The Morgan fingerprint density at radius 3 is 2.57 bits per heavy atom. The van der Waals surface area contributed by atoms with E-state index in [1.54, 1.807) is 22.2 Å². The van der Waals surface area contributed by atoms with Gasteiger partial charge in [0, 0.05) is 36.1 Å². The van der Waals surface area contributed by atoms with E-state index in [-0.39, 0.29) is 5.91 Å². The molecule has 1 amide bonds. The highest BCUT2D eigenvalue weighted by Crippen LogP contribution is 2.29. The molecular weight excluding hydrogens is 394 g/mol. The van der Waals surface area contributed by atoms with Crippen LogP contribution in [0.5, 0.6) is 0 Å². The molecule has 7 heteroatoms. The van der Waals surface area contributed by atoms with Crippen LogP contribution in [0.25, 0.3) is 16.9 Å². The maximum absolute atomic E-state index is 13.2. The van der Waals surface area contributed by atoms with Gasteiger partial charge in [0.15, 0.2) is 5.13 Å². The van der Waals surface area contributed by atoms with E-state index in [9.17, 15) is 4.79 Å². The fourth-order valence-corrected chi connectivity index (χ4v) is 4.69. The number of hydrogen-bond acceptors (Lipinski definition) is 5. The molecule has 0 unspecified atom stereocenters. The number of aromatic nitrogens is 3. The van der Waals surface area contributed by atoms with Gasteiger partial charge in [0.1, 0.15) is 5.69 Å². The first-order valence-electron chi connectivity index (χ1n) is 9.86. The van der Waals surface area contributed by atoms with Gasteiger partial charge in [-0.2, -0.15) is 5.10 Å². The average molecular weight is 416 g/mol. The Balaban J connectivity index is 1.49. The van der Waals surface area contributed by atoms with Crippen LogP contribution in [0, 0.1) is 0 Å². The van der Waals surface area contributed by atoms with E-state index in [1.807, 2.05) is 60.7 Å². The largest absolute Gasteiger partial charge is 0.301 e. The standard InChI is InChI=1S/C23H21N5OS/c1-27-13-12-19-20(15-27)30-23(24-19)25-22(29)18-14-28(17-10-6-3-7-11-17)26-21(18)16-8-4-2-5-9-16/h2-11,14H,12-13,15H2,1H3,(H,24,25,29). The summed E-state index contributed by atoms with van der Waals surface area (Å²) < 4.78 is 1.75. The van der Waals surface area contributed by atoms with Crippen LogP contribution in [0.1, 0.15) is 20.9 Å². The first-order chi connectivity index (χ1) is 14.7. The lowest BCUT2D eigenvalue weighted by Crippen LogP contribution is -2.25. The van der Waals surface area contributed by atoms with E-state index in [1.165, 1.54) is 4.88 Å². The zero-order valence-electron chi connectivity index (χ0n) is 16.6. The topological polar surface area (TPSA) is 63.1 Å². The van der Waals surface area contributed by atoms with Gasteiger partial charge in [-0.05, 0) is 19.2 Å². The summed E-state index contributed by atoms with van der Waals surface area (Å²) in [6, 6.07) is 19.6. The number of amides is 1. The summed E-state index contributed by atoms with van der Waals surface area (Å²) in [4.78, 5) is 21.4. The molecular formula is C23H21N5OS. The molecule has 0 fully saturated rings. The van der Waals surface area contributed by atoms with Crippen molar-refractivity contribution in [1.29, 1.82) is 0 Å². The molecule has 0 radical (unpaired) electrons. The Morgan fingerprint density at radius 2 is 1.80 bits per heavy atom. The molecule has 0 aliphatic carbocycles. The highest BCUT2D eigenvalue weighted by atomic mass is 32.1. The van der Waals surface area contributed by atoms with Crippen LogP contribution in [0.2, 0.25) is 0 Å². The van der Waals surface area contributed by atoms with Crippen molar-refractivity contribution in [3.8, 4) is 16.9 Å². The highest BCUT2D eigenvalue weighted by Gasteiger charge is 2.22. The van der Waals surface area contributed by atoms with E-state index in [0.717, 1.165) is 36.5 Å². The van der Waals surface area contributed by atoms with Gasteiger partial charge in [-0.1, -0.05) is 48.5 Å². The highest BCUT2D eigenvalue weighted by molar-refractivity contribution is 7.15. The third-order valence-corrected chi connectivity index (χ3v) is 6.17. The number of nitrogens with zero attached hydrogens (tertiary/aromatic N) is 4. The average Bonchev–Trinajstić information content (AvgIpc) is 3.39. The smallest absolute Gasteiger partial charge is 0.261 e. The Morgan fingerprint density at radius 1 is 1.07 bits per heavy atom. The van der Waals surface area contributed by atoms with Crippen molar-refractivity contribution < 1.29 is 4.79 Å². The fraction of sp³-hybridized carbons (Fsp3) is 0.174. The van der Waals surface area contributed by atoms with Crippen LogP contribution in [-0.4, -0.2) is 39.2 Å². The number of hydrogen-bond donors (Lipinski definition) is 1. The number of likely N-dealkylation sites (N-methyl/N-ethyl adjacent to an activating group) is 1. The predicted molar refractivity (Wildman–Crippen MR) is 119 cm³/mol. The summed E-state index contributed by atoms with van der Waals surface area (Å²) in [6.07, 6.45) is 2.70. The van der Waals surface area contributed by atoms with Gasteiger partial charge in [0.2, 0.25) is 0 Å². The van der Waals surface area contributed by atoms with Gasteiger partial charge in [0.25, 0.3) is 5.91 Å². The Kier molecular flexibility index (Phi) is 4.90. The summed E-state index contributed by atoms with van der Waals surface area (Å²) in [7, 11) is 2.10. The molecule has 2 aromatic carbocycles. The Bertz CT molecular complexity index is 1180. The first kappa shape index (κ1) is 18.7. The number of anilines is 1. The number of carbonyl (C=O) groups excluding carboxylic acids is 1. The van der Waals surface area contributed by atoms with Crippen LogP contribution in [0.3, 0.4) is 0 Å². The molecule has 1 aliphatic rings. The molecule has 30 heavy (non-hydrogen) atoms. The van der Waals surface area contributed by atoms with Crippen LogP contribution < -0.4 is 5.32 Å². The van der Waals surface area contributed by atoms with Gasteiger partial charge in [-0.3, -0.25) is 10.1 Å².